The highest BCUT2D eigenvalue weighted by molar-refractivity contribution is 5.99. The maximum absolute atomic E-state index is 15.5. The van der Waals surface area contributed by atoms with Crippen molar-refractivity contribution in [2.24, 2.45) is 0 Å². The number of carbonyl (C=O) groups excluding carboxylic acids is 1. The quantitative estimate of drug-likeness (QED) is 0.0946. The second kappa shape index (κ2) is 16.9. The minimum absolute atomic E-state index is 0.00584. The van der Waals surface area contributed by atoms with Crippen molar-refractivity contribution < 1.29 is 27.7 Å². The maximum Gasteiger partial charge on any atom is 0.376 e. The Kier molecular flexibility index (Phi) is 13.2. The third-order valence-electron chi connectivity index (χ3n) is 7.10. The van der Waals surface area contributed by atoms with Crippen LogP contribution < -0.4 is 0 Å². The third kappa shape index (κ3) is 8.95. The fraction of sp³-hybridized carbons (Fsp3) is 0.441. The Morgan fingerprint density at radius 1 is 0.675 bits per heavy atom. The summed E-state index contributed by atoms with van der Waals surface area (Å²) in [6.45, 7) is 4.43. The lowest BCUT2D eigenvalue weighted by atomic mass is 9.92. The highest BCUT2D eigenvalue weighted by Crippen LogP contribution is 2.36. The Labute approximate surface area is 236 Å². The number of halogens is 3. The summed E-state index contributed by atoms with van der Waals surface area (Å²) in [7, 11) is 0. The van der Waals surface area contributed by atoms with Crippen molar-refractivity contribution in [1.29, 1.82) is 0 Å². The predicted octanol–water partition coefficient (Wildman–Crippen LogP) is 10.4. The van der Waals surface area contributed by atoms with Crippen molar-refractivity contribution in [2.45, 2.75) is 90.9 Å². The zero-order valence-corrected chi connectivity index (χ0v) is 23.7. The molecular weight excluding hydrogens is 513 g/mol. The van der Waals surface area contributed by atoms with Crippen molar-refractivity contribution in [3.05, 3.63) is 83.2 Å². The number of carbonyl (C=O) groups is 1. The Bertz CT molecular complexity index is 1210. The molecule has 6 heteroatoms. The molecule has 40 heavy (non-hydrogen) atoms. The molecule has 3 nitrogen and oxygen atoms in total. The van der Waals surface area contributed by atoms with Crippen LogP contribution in [0.3, 0.4) is 0 Å². The fourth-order valence-corrected chi connectivity index (χ4v) is 4.81. The van der Waals surface area contributed by atoms with Crippen LogP contribution in [0.4, 0.5) is 13.2 Å². The molecule has 0 atom stereocenters. The smallest absolute Gasteiger partial charge is 0.293 e. The van der Waals surface area contributed by atoms with E-state index in [4.69, 9.17) is 9.78 Å². The molecule has 0 amide bonds. The van der Waals surface area contributed by atoms with Gasteiger partial charge in [-0.2, -0.15) is 4.89 Å². The minimum atomic E-state index is -1.40. The average Bonchev–Trinajstić information content (AvgIpc) is 2.96. The van der Waals surface area contributed by atoms with Gasteiger partial charge in [0.15, 0.2) is 11.6 Å². The van der Waals surface area contributed by atoms with Crippen LogP contribution in [0, 0.1) is 17.5 Å². The summed E-state index contributed by atoms with van der Waals surface area (Å²) >= 11 is 0. The third-order valence-corrected chi connectivity index (χ3v) is 7.10. The summed E-state index contributed by atoms with van der Waals surface area (Å²) in [4.78, 5) is 22.9. The van der Waals surface area contributed by atoms with Gasteiger partial charge in [-0.15, -0.1) is 0 Å². The summed E-state index contributed by atoms with van der Waals surface area (Å²) < 4.78 is 46.2. The van der Waals surface area contributed by atoms with Crippen LogP contribution in [-0.2, 0) is 16.2 Å². The van der Waals surface area contributed by atoms with Gasteiger partial charge >= 0.3 is 5.97 Å². The Balaban J connectivity index is 1.86. The van der Waals surface area contributed by atoms with Gasteiger partial charge in [-0.3, -0.25) is 4.89 Å². The van der Waals surface area contributed by atoms with Crippen molar-refractivity contribution >= 4 is 5.97 Å². The molecule has 3 aromatic carbocycles. The first-order valence-electron chi connectivity index (χ1n) is 14.7. The van der Waals surface area contributed by atoms with Crippen LogP contribution in [0.15, 0.2) is 54.6 Å². The van der Waals surface area contributed by atoms with E-state index in [-0.39, 0.29) is 23.3 Å². The van der Waals surface area contributed by atoms with E-state index >= 15 is 13.2 Å². The van der Waals surface area contributed by atoms with Crippen LogP contribution in [0.1, 0.15) is 100 Å². The minimum Gasteiger partial charge on any atom is -0.293 e. The number of aryl methyl sites for hydroxylation is 1. The highest BCUT2D eigenvalue weighted by atomic mass is 19.2. The van der Waals surface area contributed by atoms with Gasteiger partial charge in [0.05, 0.1) is 6.61 Å². The molecule has 0 radical (unpaired) electrons. The van der Waals surface area contributed by atoms with Crippen molar-refractivity contribution in [2.75, 3.05) is 6.61 Å². The van der Waals surface area contributed by atoms with Crippen LogP contribution in [0.25, 0.3) is 22.3 Å². The summed E-state index contributed by atoms with van der Waals surface area (Å²) in [5, 5.41) is 0. The van der Waals surface area contributed by atoms with Gasteiger partial charge in [-0.05, 0) is 42.5 Å². The van der Waals surface area contributed by atoms with Gasteiger partial charge in [-0.25, -0.2) is 18.0 Å². The van der Waals surface area contributed by atoms with Crippen LogP contribution >= 0.6 is 0 Å². The molecule has 0 N–H and O–H groups in total. The summed E-state index contributed by atoms with van der Waals surface area (Å²) in [5.41, 5.74) is 0.369. The molecule has 0 saturated carbocycles. The molecule has 0 aliphatic carbocycles. The summed E-state index contributed by atoms with van der Waals surface area (Å²) in [6, 6.07) is 14.4. The van der Waals surface area contributed by atoms with Gasteiger partial charge in [-0.1, -0.05) is 114 Å². The normalized spacial score (nSPS) is 11.1. The average molecular weight is 555 g/mol. The van der Waals surface area contributed by atoms with Gasteiger partial charge < -0.3 is 0 Å². The lowest BCUT2D eigenvalue weighted by Gasteiger charge is -2.15. The van der Waals surface area contributed by atoms with E-state index in [1.807, 2.05) is 0 Å². The number of hydrogen-bond acceptors (Lipinski definition) is 3. The maximum atomic E-state index is 15.5. The zero-order valence-electron chi connectivity index (χ0n) is 23.7. The van der Waals surface area contributed by atoms with Crippen molar-refractivity contribution in [3.63, 3.8) is 0 Å². The molecule has 0 spiro atoms. The Morgan fingerprint density at radius 3 is 2.00 bits per heavy atom. The molecule has 0 unspecified atom stereocenters. The number of rotatable bonds is 17. The molecule has 0 heterocycles. The van der Waals surface area contributed by atoms with E-state index in [1.165, 1.54) is 31.0 Å². The number of benzene rings is 3. The second-order valence-corrected chi connectivity index (χ2v) is 10.3. The topological polar surface area (TPSA) is 35.5 Å². The van der Waals surface area contributed by atoms with E-state index < -0.39 is 29.0 Å². The second-order valence-electron chi connectivity index (χ2n) is 10.3. The largest absolute Gasteiger partial charge is 0.376 e. The molecule has 0 aliphatic rings. The van der Waals surface area contributed by atoms with E-state index in [9.17, 15) is 4.79 Å². The summed E-state index contributed by atoms with van der Waals surface area (Å²) in [6.07, 6.45) is 12.2. The number of hydrogen-bond donors (Lipinski definition) is 0. The van der Waals surface area contributed by atoms with Gasteiger partial charge in [0, 0.05) is 16.7 Å². The molecule has 0 aromatic heterocycles. The van der Waals surface area contributed by atoms with Crippen molar-refractivity contribution in [3.8, 4) is 22.3 Å². The lowest BCUT2D eigenvalue weighted by Crippen LogP contribution is -2.13. The first-order valence-corrected chi connectivity index (χ1v) is 14.7. The monoisotopic (exact) mass is 554 g/mol. The molecule has 0 fully saturated rings. The van der Waals surface area contributed by atoms with Gasteiger partial charge in [0.25, 0.3) is 0 Å². The Morgan fingerprint density at radius 2 is 1.32 bits per heavy atom. The van der Waals surface area contributed by atoms with Gasteiger partial charge in [0.1, 0.15) is 11.4 Å². The first-order chi connectivity index (χ1) is 19.5. The molecular formula is C34H41F3O3. The van der Waals surface area contributed by atoms with Gasteiger partial charge in [0.2, 0.25) is 0 Å². The molecule has 0 saturated heterocycles. The van der Waals surface area contributed by atoms with E-state index in [2.05, 4.69) is 13.8 Å². The lowest BCUT2D eigenvalue weighted by molar-refractivity contribution is -0.241. The predicted molar refractivity (Wildman–Crippen MR) is 154 cm³/mol. The van der Waals surface area contributed by atoms with Crippen LogP contribution in [0.5, 0.6) is 0 Å². The number of unbranched alkanes of at least 4 members (excludes halogenated alkanes) is 9. The van der Waals surface area contributed by atoms with E-state index in [0.29, 0.717) is 12.0 Å². The fourth-order valence-electron chi connectivity index (χ4n) is 4.81. The zero-order chi connectivity index (χ0) is 28.7. The van der Waals surface area contributed by atoms with E-state index in [0.717, 1.165) is 63.4 Å². The molecule has 0 bridgehead atoms. The first kappa shape index (κ1) is 31.4. The summed E-state index contributed by atoms with van der Waals surface area (Å²) in [5.74, 6) is -4.42. The molecule has 3 aromatic rings. The van der Waals surface area contributed by atoms with Crippen molar-refractivity contribution in [1.82, 2.24) is 0 Å². The standard InChI is InChI=1S/C34H41F3O3/c1-3-5-7-9-11-16-22-39-40-34(38)31-29(24-28(32(36)33(31)37)26-18-14-12-15-19-26)27-21-20-25(23-30(27)35)17-13-10-8-6-4-2/h12,14-15,18-21,23-24H,3-11,13,16-17,22H2,1-2H3. The molecule has 0 aliphatic heterocycles. The molecule has 3 rings (SSSR count). The SMILES string of the molecule is CCCCCCCCOOC(=O)c1c(-c2ccc(CCCCCCC)cc2F)cc(-c2ccccc2)c(F)c1F. The van der Waals surface area contributed by atoms with E-state index in [1.54, 1.807) is 36.4 Å². The Hall–Kier alpha value is -3.12. The van der Waals surface area contributed by atoms with Crippen LogP contribution in [-0.4, -0.2) is 12.6 Å². The highest BCUT2D eigenvalue weighted by Gasteiger charge is 2.28. The molecule has 216 valence electrons. The van der Waals surface area contributed by atoms with Crippen LogP contribution in [0.2, 0.25) is 0 Å².